The van der Waals surface area contributed by atoms with Gasteiger partial charge in [0.15, 0.2) is 0 Å². The quantitative estimate of drug-likeness (QED) is 0.911. The van der Waals surface area contributed by atoms with Crippen LogP contribution in [0.1, 0.15) is 19.8 Å². The molecule has 0 bridgehead atoms. The fourth-order valence-electron chi connectivity index (χ4n) is 2.53. The van der Waals surface area contributed by atoms with Crippen LogP contribution < -0.4 is 10.6 Å². The molecule has 0 saturated carbocycles. The molecule has 1 amide bonds. The van der Waals surface area contributed by atoms with E-state index in [0.717, 1.165) is 25.9 Å². The lowest BCUT2D eigenvalue weighted by atomic mass is 10.1. The van der Waals surface area contributed by atoms with Gasteiger partial charge < -0.3 is 10.6 Å². The predicted octanol–water partition coefficient (Wildman–Crippen LogP) is 1.60. The van der Waals surface area contributed by atoms with E-state index in [1.165, 1.54) is 12.1 Å². The van der Waals surface area contributed by atoms with Gasteiger partial charge in [0.25, 0.3) is 0 Å². The van der Waals surface area contributed by atoms with Gasteiger partial charge in [-0.3, -0.25) is 9.69 Å². The summed E-state index contributed by atoms with van der Waals surface area (Å²) in [6.45, 7) is 4.52. The number of halogens is 1. The van der Waals surface area contributed by atoms with Gasteiger partial charge >= 0.3 is 0 Å². The van der Waals surface area contributed by atoms with Gasteiger partial charge in [-0.1, -0.05) is 6.07 Å². The molecule has 1 saturated heterocycles. The first-order valence-electron chi connectivity index (χ1n) is 7.14. The van der Waals surface area contributed by atoms with Crippen molar-refractivity contribution in [2.75, 3.05) is 31.1 Å². The van der Waals surface area contributed by atoms with Crippen LogP contribution in [-0.2, 0) is 4.79 Å². The van der Waals surface area contributed by atoms with Crippen molar-refractivity contribution >= 4 is 11.6 Å². The van der Waals surface area contributed by atoms with E-state index < -0.39 is 0 Å². The molecule has 110 valence electrons. The van der Waals surface area contributed by atoms with Crippen LogP contribution in [-0.4, -0.2) is 43.0 Å². The zero-order valence-electron chi connectivity index (χ0n) is 11.9. The maximum Gasteiger partial charge on any atom is 0.241 e. The van der Waals surface area contributed by atoms with Gasteiger partial charge in [-0.25, -0.2) is 4.39 Å². The summed E-state index contributed by atoms with van der Waals surface area (Å²) >= 11 is 0. The highest BCUT2D eigenvalue weighted by atomic mass is 19.1. The van der Waals surface area contributed by atoms with E-state index in [0.29, 0.717) is 18.8 Å². The number of nitrogens with zero attached hydrogens (tertiary/aromatic N) is 2. The van der Waals surface area contributed by atoms with Crippen LogP contribution in [0.5, 0.6) is 0 Å². The van der Waals surface area contributed by atoms with Crippen LogP contribution in [0.2, 0.25) is 0 Å². The van der Waals surface area contributed by atoms with Crippen LogP contribution in [0.15, 0.2) is 24.3 Å². The van der Waals surface area contributed by atoms with Gasteiger partial charge in [0.2, 0.25) is 5.91 Å². The largest absolute Gasteiger partial charge is 0.328 e. The molecule has 0 spiro atoms. The summed E-state index contributed by atoms with van der Waals surface area (Å²) in [6.07, 6.45) is 1.86. The first kappa shape index (κ1) is 14.9. The summed E-state index contributed by atoms with van der Waals surface area (Å²) in [7, 11) is 0. The second kappa shape index (κ2) is 6.81. The molecule has 0 unspecified atom stereocenters. The van der Waals surface area contributed by atoms with Crippen molar-refractivity contribution in [3.05, 3.63) is 30.1 Å². The number of carbonyl (C=O) groups is 1. The number of piperidine rings is 1. The van der Waals surface area contributed by atoms with E-state index in [-0.39, 0.29) is 17.8 Å². The Bertz CT molecular complexity index is 458. The van der Waals surface area contributed by atoms with Crippen molar-refractivity contribution in [2.24, 2.45) is 5.73 Å². The SMILES string of the molecule is CCN(C(=O)CN1CCC(N)CC1)c1cccc(F)c1. The maximum atomic E-state index is 13.3. The third kappa shape index (κ3) is 3.77. The Morgan fingerprint density at radius 3 is 2.75 bits per heavy atom. The van der Waals surface area contributed by atoms with Crippen molar-refractivity contribution in [3.8, 4) is 0 Å². The van der Waals surface area contributed by atoms with Gasteiger partial charge in [-0.15, -0.1) is 0 Å². The van der Waals surface area contributed by atoms with Crippen molar-refractivity contribution in [1.82, 2.24) is 4.90 Å². The van der Waals surface area contributed by atoms with Gasteiger partial charge in [0.1, 0.15) is 5.82 Å². The Hall–Kier alpha value is -1.46. The third-order valence-corrected chi connectivity index (χ3v) is 3.73. The Morgan fingerprint density at radius 1 is 1.45 bits per heavy atom. The lowest BCUT2D eigenvalue weighted by molar-refractivity contribution is -0.120. The third-order valence-electron chi connectivity index (χ3n) is 3.73. The number of amides is 1. The van der Waals surface area contributed by atoms with Gasteiger partial charge in [0, 0.05) is 31.4 Å². The molecule has 1 aliphatic rings. The zero-order chi connectivity index (χ0) is 14.5. The van der Waals surface area contributed by atoms with Crippen LogP contribution >= 0.6 is 0 Å². The monoisotopic (exact) mass is 279 g/mol. The number of likely N-dealkylation sites (tertiary alicyclic amines) is 1. The Labute approximate surface area is 119 Å². The fraction of sp³-hybridized carbons (Fsp3) is 0.533. The lowest BCUT2D eigenvalue weighted by Crippen LogP contribution is -2.45. The van der Waals surface area contributed by atoms with Gasteiger partial charge in [-0.05, 0) is 38.0 Å². The number of benzene rings is 1. The Balaban J connectivity index is 1.99. The van der Waals surface area contributed by atoms with Crippen molar-refractivity contribution < 1.29 is 9.18 Å². The van der Waals surface area contributed by atoms with E-state index in [1.807, 2.05) is 6.92 Å². The number of likely N-dealkylation sites (N-methyl/N-ethyl adjacent to an activating group) is 1. The molecule has 1 fully saturated rings. The van der Waals surface area contributed by atoms with Crippen LogP contribution in [0.4, 0.5) is 10.1 Å². The van der Waals surface area contributed by atoms with Crippen LogP contribution in [0.25, 0.3) is 0 Å². The summed E-state index contributed by atoms with van der Waals surface area (Å²) < 4.78 is 13.3. The topological polar surface area (TPSA) is 49.6 Å². The standard InChI is InChI=1S/C15H22FN3O/c1-2-19(14-5-3-4-12(16)10-14)15(20)11-18-8-6-13(17)7-9-18/h3-5,10,13H,2,6-9,11,17H2,1H3. The molecule has 1 aromatic carbocycles. The van der Waals surface area contributed by atoms with Crippen molar-refractivity contribution in [3.63, 3.8) is 0 Å². The van der Waals surface area contributed by atoms with Crippen LogP contribution in [0, 0.1) is 5.82 Å². The smallest absolute Gasteiger partial charge is 0.241 e. The van der Waals surface area contributed by atoms with Crippen molar-refractivity contribution in [2.45, 2.75) is 25.8 Å². The van der Waals surface area contributed by atoms with E-state index in [2.05, 4.69) is 4.90 Å². The molecular formula is C15H22FN3O. The maximum absolute atomic E-state index is 13.3. The second-order valence-corrected chi connectivity index (χ2v) is 5.23. The minimum absolute atomic E-state index is 0.00794. The number of hydrogen-bond donors (Lipinski definition) is 1. The molecule has 1 aromatic rings. The molecular weight excluding hydrogens is 257 g/mol. The molecule has 0 aliphatic carbocycles. The lowest BCUT2D eigenvalue weighted by Gasteiger charge is -2.31. The highest BCUT2D eigenvalue weighted by molar-refractivity contribution is 5.94. The molecule has 2 rings (SSSR count). The van der Waals surface area contributed by atoms with E-state index in [1.54, 1.807) is 17.0 Å². The summed E-state index contributed by atoms with van der Waals surface area (Å²) in [5, 5.41) is 0. The Kier molecular flexibility index (Phi) is 5.09. The highest BCUT2D eigenvalue weighted by Gasteiger charge is 2.21. The fourth-order valence-corrected chi connectivity index (χ4v) is 2.53. The van der Waals surface area contributed by atoms with Crippen LogP contribution in [0.3, 0.4) is 0 Å². The second-order valence-electron chi connectivity index (χ2n) is 5.23. The first-order valence-corrected chi connectivity index (χ1v) is 7.14. The molecule has 0 atom stereocenters. The van der Waals surface area contributed by atoms with Crippen molar-refractivity contribution in [1.29, 1.82) is 0 Å². The predicted molar refractivity (Wildman–Crippen MR) is 78.1 cm³/mol. The zero-order valence-corrected chi connectivity index (χ0v) is 11.9. The summed E-state index contributed by atoms with van der Waals surface area (Å²) in [6, 6.07) is 6.42. The molecule has 0 aromatic heterocycles. The molecule has 1 heterocycles. The number of nitrogens with two attached hydrogens (primary N) is 1. The first-order chi connectivity index (χ1) is 9.60. The summed E-state index contributed by atoms with van der Waals surface area (Å²) in [5.74, 6) is -0.314. The van der Waals surface area contributed by atoms with E-state index in [9.17, 15) is 9.18 Å². The minimum Gasteiger partial charge on any atom is -0.328 e. The number of carbonyl (C=O) groups excluding carboxylic acids is 1. The van der Waals surface area contributed by atoms with Gasteiger partial charge in [-0.2, -0.15) is 0 Å². The molecule has 20 heavy (non-hydrogen) atoms. The molecule has 5 heteroatoms. The Morgan fingerprint density at radius 2 is 2.15 bits per heavy atom. The molecule has 1 aliphatic heterocycles. The normalized spacial score (nSPS) is 17.1. The van der Waals surface area contributed by atoms with E-state index in [4.69, 9.17) is 5.73 Å². The average Bonchev–Trinajstić information content (AvgIpc) is 2.42. The average molecular weight is 279 g/mol. The minimum atomic E-state index is -0.322. The number of rotatable bonds is 4. The molecule has 4 nitrogen and oxygen atoms in total. The van der Waals surface area contributed by atoms with Gasteiger partial charge in [0.05, 0.1) is 6.54 Å². The molecule has 2 N–H and O–H groups in total. The highest BCUT2D eigenvalue weighted by Crippen LogP contribution is 2.16. The summed E-state index contributed by atoms with van der Waals surface area (Å²) in [5.41, 5.74) is 6.47. The number of anilines is 1. The number of hydrogen-bond acceptors (Lipinski definition) is 3. The molecule has 0 radical (unpaired) electrons. The summed E-state index contributed by atoms with van der Waals surface area (Å²) in [4.78, 5) is 16.1. The van der Waals surface area contributed by atoms with E-state index >= 15 is 0 Å².